The second kappa shape index (κ2) is 6.64. The highest BCUT2D eigenvalue weighted by Crippen LogP contribution is 2.37. The van der Waals surface area contributed by atoms with Gasteiger partial charge in [0.25, 0.3) is 0 Å². The quantitative estimate of drug-likeness (QED) is 0.635. The van der Waals surface area contributed by atoms with Gasteiger partial charge in [-0.25, -0.2) is 0 Å². The summed E-state index contributed by atoms with van der Waals surface area (Å²) in [5, 5.41) is 11.7. The van der Waals surface area contributed by atoms with Gasteiger partial charge in [0.05, 0.1) is 0 Å². The molecular formula is C16H16F3NO4. The van der Waals surface area contributed by atoms with Gasteiger partial charge in [-0.3, -0.25) is 9.59 Å². The molecule has 1 aliphatic rings. The van der Waals surface area contributed by atoms with Crippen LogP contribution in [0.15, 0.2) is 36.4 Å². The van der Waals surface area contributed by atoms with Gasteiger partial charge in [0.2, 0.25) is 5.91 Å². The Bertz CT molecular complexity index is 662. The van der Waals surface area contributed by atoms with E-state index in [1.54, 1.807) is 12.2 Å². The summed E-state index contributed by atoms with van der Waals surface area (Å²) in [6, 6.07) is 5.07. The van der Waals surface area contributed by atoms with Crippen molar-refractivity contribution in [3.63, 3.8) is 0 Å². The molecule has 24 heavy (non-hydrogen) atoms. The zero-order valence-corrected chi connectivity index (χ0v) is 12.8. The fourth-order valence-electron chi connectivity index (χ4n) is 2.60. The monoisotopic (exact) mass is 343 g/mol. The first-order valence-corrected chi connectivity index (χ1v) is 7.10. The van der Waals surface area contributed by atoms with E-state index in [1.165, 1.54) is 18.2 Å². The van der Waals surface area contributed by atoms with Crippen molar-refractivity contribution in [1.29, 1.82) is 0 Å². The number of hydrogen-bond acceptors (Lipinski definition) is 3. The number of amides is 1. The summed E-state index contributed by atoms with van der Waals surface area (Å²) in [6.45, 7) is 0. The van der Waals surface area contributed by atoms with Crippen LogP contribution in [0.4, 0.5) is 18.9 Å². The van der Waals surface area contributed by atoms with Gasteiger partial charge in [-0.1, -0.05) is 24.3 Å². The molecule has 0 bridgehead atoms. The lowest BCUT2D eigenvalue weighted by molar-refractivity contribution is -0.215. The first kappa shape index (κ1) is 18.0. The summed E-state index contributed by atoms with van der Waals surface area (Å²) in [5.41, 5.74) is -1.73. The maximum absolute atomic E-state index is 12.9. The van der Waals surface area contributed by atoms with Crippen molar-refractivity contribution in [1.82, 2.24) is 0 Å². The van der Waals surface area contributed by atoms with Crippen molar-refractivity contribution in [3.05, 3.63) is 42.0 Å². The lowest BCUT2D eigenvalue weighted by atomic mass is 9.84. The van der Waals surface area contributed by atoms with Crippen LogP contribution in [0.3, 0.4) is 0 Å². The lowest BCUT2D eigenvalue weighted by Gasteiger charge is -2.23. The van der Waals surface area contributed by atoms with Gasteiger partial charge >= 0.3 is 12.1 Å². The average Bonchev–Trinajstić information content (AvgIpc) is 2.97. The van der Waals surface area contributed by atoms with Crippen LogP contribution in [-0.4, -0.2) is 30.3 Å². The van der Waals surface area contributed by atoms with Crippen molar-refractivity contribution < 1.29 is 32.6 Å². The minimum atomic E-state index is -4.60. The lowest BCUT2D eigenvalue weighted by Crippen LogP contribution is -2.41. The maximum atomic E-state index is 12.9. The van der Waals surface area contributed by atoms with E-state index in [2.05, 4.69) is 10.1 Å². The number of anilines is 1. The number of ether oxygens (including phenoxy) is 1. The highest BCUT2D eigenvalue weighted by molar-refractivity contribution is 6.09. The van der Waals surface area contributed by atoms with E-state index >= 15 is 0 Å². The molecule has 1 atom stereocenters. The van der Waals surface area contributed by atoms with Crippen molar-refractivity contribution in [3.8, 4) is 0 Å². The van der Waals surface area contributed by atoms with Gasteiger partial charge < -0.3 is 15.2 Å². The van der Waals surface area contributed by atoms with E-state index in [9.17, 15) is 27.9 Å². The van der Waals surface area contributed by atoms with Crippen LogP contribution in [0.1, 0.15) is 24.5 Å². The molecule has 130 valence electrons. The first-order valence-electron chi connectivity index (χ1n) is 7.10. The number of carbonyl (C=O) groups is 2. The molecule has 0 saturated heterocycles. The van der Waals surface area contributed by atoms with Gasteiger partial charge in [0, 0.05) is 12.8 Å². The number of alkyl halides is 3. The van der Waals surface area contributed by atoms with Crippen molar-refractivity contribution in [2.75, 3.05) is 12.4 Å². The van der Waals surface area contributed by atoms with Gasteiger partial charge in [-0.05, 0) is 30.5 Å². The number of nitrogens with one attached hydrogen (secondary N) is 1. The van der Waals surface area contributed by atoms with Crippen LogP contribution in [0.5, 0.6) is 0 Å². The van der Waals surface area contributed by atoms with Gasteiger partial charge in [0.1, 0.15) is 0 Å². The SMILES string of the molecule is COC(c1cccc(NC(=O)C2(C(=O)O)CC=CC2)c1)C(F)(F)F. The van der Waals surface area contributed by atoms with E-state index in [0.29, 0.717) is 0 Å². The van der Waals surface area contributed by atoms with Crippen LogP contribution in [0, 0.1) is 5.41 Å². The number of allylic oxidation sites excluding steroid dienone is 2. The number of methoxy groups -OCH3 is 1. The Morgan fingerprint density at radius 1 is 1.29 bits per heavy atom. The van der Waals surface area contributed by atoms with E-state index < -0.39 is 29.6 Å². The number of carboxylic acid groups (broad SMARTS) is 1. The zero-order chi connectivity index (χ0) is 18.0. The smallest absolute Gasteiger partial charge is 0.418 e. The Balaban J connectivity index is 2.23. The molecule has 0 aromatic heterocycles. The molecular weight excluding hydrogens is 327 g/mol. The van der Waals surface area contributed by atoms with Gasteiger partial charge in [0.15, 0.2) is 11.5 Å². The summed E-state index contributed by atoms with van der Waals surface area (Å²) in [4.78, 5) is 23.8. The van der Waals surface area contributed by atoms with Gasteiger partial charge in [-0.15, -0.1) is 0 Å². The third-order valence-corrected chi connectivity index (χ3v) is 3.92. The van der Waals surface area contributed by atoms with Crippen LogP contribution in [0.2, 0.25) is 0 Å². The summed E-state index contributed by atoms with van der Waals surface area (Å²) in [5.74, 6) is -2.04. The molecule has 5 nitrogen and oxygen atoms in total. The van der Waals surface area contributed by atoms with Crippen molar-refractivity contribution in [2.24, 2.45) is 5.41 Å². The third kappa shape index (κ3) is 3.43. The fraction of sp³-hybridized carbons (Fsp3) is 0.375. The van der Waals surface area contributed by atoms with E-state index in [1.807, 2.05) is 0 Å². The van der Waals surface area contributed by atoms with Crippen LogP contribution >= 0.6 is 0 Å². The van der Waals surface area contributed by atoms with E-state index in [4.69, 9.17) is 0 Å². The molecule has 0 radical (unpaired) electrons. The summed E-state index contributed by atoms with van der Waals surface area (Å²) >= 11 is 0. The fourth-order valence-corrected chi connectivity index (χ4v) is 2.60. The number of hydrogen-bond donors (Lipinski definition) is 2. The highest BCUT2D eigenvalue weighted by Gasteiger charge is 2.46. The number of halogens is 3. The molecule has 1 aromatic carbocycles. The average molecular weight is 343 g/mol. The first-order chi connectivity index (χ1) is 11.2. The Kier molecular flexibility index (Phi) is 4.98. The summed E-state index contributed by atoms with van der Waals surface area (Å²) in [6.07, 6.45) is -3.47. The van der Waals surface area contributed by atoms with E-state index in [-0.39, 0.29) is 24.1 Å². The minimum Gasteiger partial charge on any atom is -0.480 e. The molecule has 1 unspecified atom stereocenters. The van der Waals surface area contributed by atoms with Crippen LogP contribution in [-0.2, 0) is 14.3 Å². The molecule has 2 rings (SSSR count). The topological polar surface area (TPSA) is 75.6 Å². The van der Waals surface area contributed by atoms with Crippen LogP contribution in [0.25, 0.3) is 0 Å². The van der Waals surface area contributed by atoms with Crippen molar-refractivity contribution >= 4 is 17.6 Å². The molecule has 2 N–H and O–H groups in total. The highest BCUT2D eigenvalue weighted by atomic mass is 19.4. The molecule has 0 saturated carbocycles. The predicted molar refractivity (Wildman–Crippen MR) is 79.3 cm³/mol. The summed E-state index contributed by atoms with van der Waals surface area (Å²) in [7, 11) is 0.938. The maximum Gasteiger partial charge on any atom is 0.418 e. The number of benzene rings is 1. The Hall–Kier alpha value is -2.35. The molecule has 1 aliphatic carbocycles. The standard InChI is InChI=1S/C16H16F3NO4/c1-24-12(16(17,18)19)10-5-4-6-11(9-10)20-13(21)15(14(22)23)7-2-3-8-15/h2-6,9,12H,7-8H2,1H3,(H,20,21)(H,22,23). The largest absolute Gasteiger partial charge is 0.480 e. The second-order valence-corrected chi connectivity index (χ2v) is 5.50. The number of carbonyl (C=O) groups excluding carboxylic acids is 1. The molecule has 0 aliphatic heterocycles. The molecule has 1 amide bonds. The van der Waals surface area contributed by atoms with E-state index in [0.717, 1.165) is 13.2 Å². The van der Waals surface area contributed by atoms with Crippen LogP contribution < -0.4 is 5.32 Å². The molecule has 8 heteroatoms. The normalized spacial score (nSPS) is 17.5. The Morgan fingerprint density at radius 3 is 2.42 bits per heavy atom. The Labute approximate surface area is 136 Å². The second-order valence-electron chi connectivity index (χ2n) is 5.50. The number of carboxylic acids is 1. The zero-order valence-electron chi connectivity index (χ0n) is 12.8. The molecule has 1 aromatic rings. The van der Waals surface area contributed by atoms with Gasteiger partial charge in [-0.2, -0.15) is 13.2 Å². The molecule has 0 fully saturated rings. The molecule has 0 heterocycles. The number of rotatable bonds is 5. The molecule has 0 spiro atoms. The number of aliphatic carboxylic acids is 1. The minimum absolute atomic E-state index is 0.0388. The predicted octanol–water partition coefficient (Wildman–Crippen LogP) is 3.30. The Morgan fingerprint density at radius 2 is 1.92 bits per heavy atom. The summed E-state index contributed by atoms with van der Waals surface area (Å²) < 4.78 is 43.2. The van der Waals surface area contributed by atoms with Crippen molar-refractivity contribution in [2.45, 2.75) is 25.1 Å². The third-order valence-electron chi connectivity index (χ3n) is 3.92.